The first-order chi connectivity index (χ1) is 9.67. The molecule has 0 aliphatic rings. The smallest absolute Gasteiger partial charge is 0.358 e. The first-order valence-electron chi connectivity index (χ1n) is 6.07. The lowest BCUT2D eigenvalue weighted by Gasteiger charge is -2.07. The molecule has 2 N–H and O–H groups in total. The fourth-order valence-corrected chi connectivity index (χ4v) is 1.34. The fourth-order valence-electron chi connectivity index (χ4n) is 1.34. The van der Waals surface area contributed by atoms with Gasteiger partial charge in [0.1, 0.15) is 5.82 Å². The molecule has 20 heavy (non-hydrogen) atoms. The topological polar surface area (TPSA) is 102 Å². The number of hydrogen-bond acceptors (Lipinski definition) is 7. The second-order valence-corrected chi connectivity index (χ2v) is 3.80. The van der Waals surface area contributed by atoms with Gasteiger partial charge in [-0.3, -0.25) is 9.78 Å². The first-order valence-corrected chi connectivity index (χ1v) is 6.07. The van der Waals surface area contributed by atoms with Crippen LogP contribution in [0.15, 0.2) is 12.4 Å². The van der Waals surface area contributed by atoms with Gasteiger partial charge < -0.3 is 20.1 Å². The quantitative estimate of drug-likeness (QED) is 0.504. The van der Waals surface area contributed by atoms with Crippen molar-refractivity contribution in [3.05, 3.63) is 18.1 Å². The Morgan fingerprint density at radius 1 is 1.25 bits per heavy atom. The predicted octanol–water partition coefficient (Wildman–Crippen LogP) is -0.172. The summed E-state index contributed by atoms with van der Waals surface area (Å²) in [5.74, 6) is -0.234. The minimum absolute atomic E-state index is 0.0911. The third-order valence-corrected chi connectivity index (χ3v) is 2.32. The van der Waals surface area contributed by atoms with E-state index in [1.807, 2.05) is 0 Å². The van der Waals surface area contributed by atoms with Gasteiger partial charge >= 0.3 is 5.97 Å². The molecular formula is C12H18N4O4. The molecule has 1 aromatic heterocycles. The number of methoxy groups -OCH3 is 2. The molecule has 0 bridgehead atoms. The van der Waals surface area contributed by atoms with Gasteiger partial charge in [-0.05, 0) is 0 Å². The van der Waals surface area contributed by atoms with E-state index in [0.717, 1.165) is 0 Å². The third-order valence-electron chi connectivity index (χ3n) is 2.32. The highest BCUT2D eigenvalue weighted by molar-refractivity contribution is 5.87. The molecule has 110 valence electrons. The Hall–Kier alpha value is -2.22. The maximum Gasteiger partial charge on any atom is 0.358 e. The molecule has 8 heteroatoms. The van der Waals surface area contributed by atoms with E-state index in [0.29, 0.717) is 25.5 Å². The average Bonchev–Trinajstić information content (AvgIpc) is 2.47. The predicted molar refractivity (Wildman–Crippen MR) is 71.4 cm³/mol. The van der Waals surface area contributed by atoms with E-state index in [1.54, 1.807) is 7.11 Å². The van der Waals surface area contributed by atoms with Crippen molar-refractivity contribution in [1.82, 2.24) is 15.3 Å². The number of nitrogens with zero attached hydrogens (tertiary/aromatic N) is 2. The fraction of sp³-hybridized carbons (Fsp3) is 0.500. The van der Waals surface area contributed by atoms with Crippen LogP contribution < -0.4 is 10.6 Å². The number of anilines is 1. The minimum Gasteiger partial charge on any atom is -0.464 e. The Kier molecular flexibility index (Phi) is 6.97. The number of amides is 1. The van der Waals surface area contributed by atoms with E-state index >= 15 is 0 Å². The molecule has 0 unspecified atom stereocenters. The Labute approximate surface area is 116 Å². The molecule has 0 radical (unpaired) electrons. The molecule has 1 heterocycles. The zero-order valence-corrected chi connectivity index (χ0v) is 11.5. The van der Waals surface area contributed by atoms with E-state index in [1.165, 1.54) is 19.5 Å². The summed E-state index contributed by atoms with van der Waals surface area (Å²) in [5, 5.41) is 5.61. The van der Waals surface area contributed by atoms with Crippen LogP contribution in [0.5, 0.6) is 0 Å². The molecule has 0 aliphatic carbocycles. The molecule has 0 saturated carbocycles. The average molecular weight is 282 g/mol. The lowest BCUT2D eigenvalue weighted by atomic mass is 10.4. The Morgan fingerprint density at radius 3 is 2.75 bits per heavy atom. The highest BCUT2D eigenvalue weighted by Crippen LogP contribution is 2.03. The summed E-state index contributed by atoms with van der Waals surface area (Å²) < 4.78 is 9.36. The summed E-state index contributed by atoms with van der Waals surface area (Å²) in [6, 6.07) is 0. The van der Waals surface area contributed by atoms with Crippen LogP contribution in [0, 0.1) is 0 Å². The number of ether oxygens (including phenoxy) is 2. The molecular weight excluding hydrogens is 264 g/mol. The van der Waals surface area contributed by atoms with Gasteiger partial charge in [-0.25, -0.2) is 9.78 Å². The molecule has 0 atom stereocenters. The lowest BCUT2D eigenvalue weighted by molar-refractivity contribution is -0.121. The minimum atomic E-state index is -0.557. The van der Waals surface area contributed by atoms with Crippen molar-refractivity contribution in [3.63, 3.8) is 0 Å². The molecule has 0 aromatic carbocycles. The maximum atomic E-state index is 11.4. The van der Waals surface area contributed by atoms with Crippen LogP contribution in [0.1, 0.15) is 16.9 Å². The van der Waals surface area contributed by atoms with Crippen LogP contribution >= 0.6 is 0 Å². The molecule has 1 amide bonds. The normalized spacial score (nSPS) is 9.90. The van der Waals surface area contributed by atoms with E-state index in [2.05, 4.69) is 25.3 Å². The Morgan fingerprint density at radius 2 is 2.05 bits per heavy atom. The Balaban J connectivity index is 2.35. The number of rotatable bonds is 8. The molecule has 1 rings (SSSR count). The number of esters is 1. The van der Waals surface area contributed by atoms with Crippen LogP contribution in [0.3, 0.4) is 0 Å². The summed E-state index contributed by atoms with van der Waals surface area (Å²) in [4.78, 5) is 30.6. The van der Waals surface area contributed by atoms with E-state index in [9.17, 15) is 9.59 Å². The van der Waals surface area contributed by atoms with Crippen molar-refractivity contribution in [3.8, 4) is 0 Å². The van der Waals surface area contributed by atoms with Crippen molar-refractivity contribution < 1.29 is 19.1 Å². The summed E-state index contributed by atoms with van der Waals surface area (Å²) in [6.45, 7) is 1.34. The number of carbonyl (C=O) groups excluding carboxylic acids is 2. The largest absolute Gasteiger partial charge is 0.464 e. The lowest BCUT2D eigenvalue weighted by Crippen LogP contribution is -2.28. The van der Waals surface area contributed by atoms with Crippen molar-refractivity contribution in [2.45, 2.75) is 6.42 Å². The van der Waals surface area contributed by atoms with E-state index < -0.39 is 5.97 Å². The maximum absolute atomic E-state index is 11.4. The standard InChI is InChI=1S/C12H18N4O4/c1-19-6-5-15-11(17)3-4-14-10-8-13-7-9(16-10)12(18)20-2/h7-8H,3-6H2,1-2H3,(H,14,16)(H,15,17). The monoisotopic (exact) mass is 282 g/mol. The molecule has 0 saturated heterocycles. The van der Waals surface area contributed by atoms with Crippen molar-refractivity contribution in [2.75, 3.05) is 39.2 Å². The highest BCUT2D eigenvalue weighted by Gasteiger charge is 2.08. The van der Waals surface area contributed by atoms with Gasteiger partial charge in [-0.1, -0.05) is 0 Å². The van der Waals surface area contributed by atoms with Crippen molar-refractivity contribution in [1.29, 1.82) is 0 Å². The number of carbonyl (C=O) groups is 2. The number of aromatic nitrogens is 2. The summed E-state index contributed by atoms with van der Waals surface area (Å²) in [6.07, 6.45) is 3.07. The van der Waals surface area contributed by atoms with Gasteiger partial charge in [0.2, 0.25) is 5.91 Å². The molecule has 0 spiro atoms. The van der Waals surface area contributed by atoms with Crippen LogP contribution in [0.25, 0.3) is 0 Å². The second-order valence-electron chi connectivity index (χ2n) is 3.80. The van der Waals surface area contributed by atoms with E-state index in [4.69, 9.17) is 4.74 Å². The summed E-state index contributed by atoms with van der Waals surface area (Å²) in [5.41, 5.74) is 0.113. The first kappa shape index (κ1) is 15.8. The van der Waals surface area contributed by atoms with Crippen LogP contribution in [-0.2, 0) is 14.3 Å². The Bertz CT molecular complexity index is 453. The van der Waals surface area contributed by atoms with Gasteiger partial charge in [0.15, 0.2) is 5.69 Å². The summed E-state index contributed by atoms with van der Waals surface area (Å²) >= 11 is 0. The second kappa shape index (κ2) is 8.81. The molecule has 8 nitrogen and oxygen atoms in total. The third kappa shape index (κ3) is 5.61. The van der Waals surface area contributed by atoms with Crippen molar-refractivity contribution in [2.24, 2.45) is 0 Å². The van der Waals surface area contributed by atoms with Gasteiger partial charge in [0.05, 0.1) is 26.1 Å². The van der Waals surface area contributed by atoms with Crippen LogP contribution in [0.4, 0.5) is 5.82 Å². The molecule has 1 aromatic rings. The number of hydrogen-bond donors (Lipinski definition) is 2. The SMILES string of the molecule is COCCNC(=O)CCNc1cncc(C(=O)OC)n1. The molecule has 0 fully saturated rings. The van der Waals surface area contributed by atoms with Gasteiger partial charge in [0, 0.05) is 26.6 Å². The zero-order valence-electron chi connectivity index (χ0n) is 11.5. The van der Waals surface area contributed by atoms with Gasteiger partial charge in [-0.15, -0.1) is 0 Å². The number of nitrogens with one attached hydrogen (secondary N) is 2. The van der Waals surface area contributed by atoms with Gasteiger partial charge in [0.25, 0.3) is 0 Å². The van der Waals surface area contributed by atoms with Gasteiger partial charge in [-0.2, -0.15) is 0 Å². The van der Waals surface area contributed by atoms with E-state index in [-0.39, 0.29) is 18.0 Å². The van der Waals surface area contributed by atoms with Crippen molar-refractivity contribution >= 4 is 17.7 Å². The summed E-state index contributed by atoms with van der Waals surface area (Å²) in [7, 11) is 2.84. The van der Waals surface area contributed by atoms with Crippen LogP contribution in [0.2, 0.25) is 0 Å². The zero-order chi connectivity index (χ0) is 14.8. The molecule has 0 aliphatic heterocycles. The van der Waals surface area contributed by atoms with Crippen LogP contribution in [-0.4, -0.2) is 55.8 Å². The highest BCUT2D eigenvalue weighted by atomic mass is 16.5.